The Labute approximate surface area is 172 Å². The van der Waals surface area contributed by atoms with Crippen molar-refractivity contribution in [2.75, 3.05) is 17.2 Å². The molecule has 0 spiro atoms. The number of anilines is 2. The summed E-state index contributed by atoms with van der Waals surface area (Å²) in [6.45, 7) is 8.89. The number of urea groups is 1. The lowest BCUT2D eigenvalue weighted by molar-refractivity contribution is 0.262. The summed E-state index contributed by atoms with van der Waals surface area (Å²) in [5.41, 5.74) is 10.3. The van der Waals surface area contributed by atoms with Crippen molar-refractivity contribution >= 4 is 17.5 Å². The van der Waals surface area contributed by atoms with E-state index in [0.717, 1.165) is 34.6 Å². The number of benzene rings is 2. The van der Waals surface area contributed by atoms with E-state index in [0.29, 0.717) is 12.4 Å². The van der Waals surface area contributed by atoms with Gasteiger partial charge >= 0.3 is 6.03 Å². The predicted molar refractivity (Wildman–Crippen MR) is 119 cm³/mol. The average Bonchev–Trinajstić information content (AvgIpc) is 3.08. The lowest BCUT2D eigenvalue weighted by Crippen LogP contribution is -2.21. The molecule has 3 aromatic rings. The van der Waals surface area contributed by atoms with E-state index in [1.165, 1.54) is 0 Å². The number of rotatable bonds is 5. The number of amides is 2. The molecule has 1 heterocycles. The molecule has 0 bridgehead atoms. The third kappa shape index (κ3) is 5.23. The highest BCUT2D eigenvalue weighted by atomic mass is 16.2. The highest BCUT2D eigenvalue weighted by Gasteiger charge is 2.21. The minimum absolute atomic E-state index is 0.149. The summed E-state index contributed by atoms with van der Waals surface area (Å²) < 4.78 is 1.77. The number of aryl methyl sites for hydroxylation is 1. The molecule has 152 valence electrons. The van der Waals surface area contributed by atoms with Crippen molar-refractivity contribution in [1.82, 2.24) is 9.78 Å². The van der Waals surface area contributed by atoms with Gasteiger partial charge in [0.05, 0.1) is 11.4 Å². The second-order valence-electron chi connectivity index (χ2n) is 8.23. The zero-order valence-corrected chi connectivity index (χ0v) is 17.5. The van der Waals surface area contributed by atoms with Crippen molar-refractivity contribution in [2.45, 2.75) is 39.5 Å². The van der Waals surface area contributed by atoms with Crippen LogP contribution in [-0.2, 0) is 11.8 Å². The molecule has 0 atom stereocenters. The number of nitrogens with two attached hydrogens (primary N) is 1. The number of nitrogens with one attached hydrogen (secondary N) is 2. The number of hydrogen-bond donors (Lipinski definition) is 3. The molecule has 0 aliphatic heterocycles. The molecule has 0 radical (unpaired) electrons. The molecule has 0 saturated heterocycles. The lowest BCUT2D eigenvalue weighted by atomic mass is 9.92. The molecule has 4 N–H and O–H groups in total. The van der Waals surface area contributed by atoms with E-state index in [1.54, 1.807) is 4.68 Å². The molecule has 2 amide bonds. The van der Waals surface area contributed by atoms with Crippen molar-refractivity contribution in [1.29, 1.82) is 0 Å². The first-order chi connectivity index (χ1) is 13.8. The summed E-state index contributed by atoms with van der Waals surface area (Å²) in [5.74, 6) is 0.615. The number of aromatic nitrogens is 2. The fraction of sp³-hybridized carbons (Fsp3) is 0.304. The summed E-state index contributed by atoms with van der Waals surface area (Å²) in [4.78, 5) is 12.6. The molecule has 1 aromatic heterocycles. The largest absolute Gasteiger partial charge is 0.330 e. The van der Waals surface area contributed by atoms with E-state index < -0.39 is 0 Å². The molecule has 6 heteroatoms. The maximum Gasteiger partial charge on any atom is 0.324 e. The monoisotopic (exact) mass is 391 g/mol. The van der Waals surface area contributed by atoms with E-state index in [4.69, 9.17) is 10.8 Å². The Kier molecular flexibility index (Phi) is 6.03. The van der Waals surface area contributed by atoms with Crippen LogP contribution < -0.4 is 16.4 Å². The number of hydrogen-bond acceptors (Lipinski definition) is 3. The summed E-state index contributed by atoms with van der Waals surface area (Å²) in [6, 6.07) is 17.3. The van der Waals surface area contributed by atoms with Crippen molar-refractivity contribution in [2.24, 2.45) is 5.73 Å². The van der Waals surface area contributed by atoms with Crippen molar-refractivity contribution < 1.29 is 4.79 Å². The first kappa shape index (κ1) is 20.6. The number of nitrogens with zero attached hydrogens (tertiary/aromatic N) is 2. The second kappa shape index (κ2) is 8.49. The van der Waals surface area contributed by atoms with Gasteiger partial charge < -0.3 is 11.1 Å². The Morgan fingerprint density at radius 2 is 1.79 bits per heavy atom. The SMILES string of the molecule is Cc1ccc(NC(=O)Nc2cc(C(C)(C)C)nn2-c2cccc(CCN)c2)cc1. The topological polar surface area (TPSA) is 85.0 Å². The third-order valence-corrected chi connectivity index (χ3v) is 4.62. The van der Waals surface area contributed by atoms with Crippen LogP contribution >= 0.6 is 0 Å². The zero-order valence-electron chi connectivity index (χ0n) is 17.5. The Morgan fingerprint density at radius 3 is 2.45 bits per heavy atom. The fourth-order valence-electron chi connectivity index (χ4n) is 2.96. The van der Waals surface area contributed by atoms with Crippen LogP contribution in [-0.4, -0.2) is 22.4 Å². The van der Waals surface area contributed by atoms with Crippen LogP contribution in [0.2, 0.25) is 0 Å². The molecule has 0 unspecified atom stereocenters. The molecule has 0 saturated carbocycles. The highest BCUT2D eigenvalue weighted by Crippen LogP contribution is 2.27. The Bertz CT molecular complexity index is 983. The molecule has 0 aliphatic carbocycles. The second-order valence-corrected chi connectivity index (χ2v) is 8.23. The third-order valence-electron chi connectivity index (χ3n) is 4.62. The molecular weight excluding hydrogens is 362 g/mol. The fourth-order valence-corrected chi connectivity index (χ4v) is 2.96. The van der Waals surface area contributed by atoms with Crippen LogP contribution in [0, 0.1) is 6.92 Å². The summed E-state index contributed by atoms with van der Waals surface area (Å²) in [6.07, 6.45) is 0.790. The predicted octanol–water partition coefficient (Wildman–Crippen LogP) is 4.62. The Balaban J connectivity index is 1.90. The lowest BCUT2D eigenvalue weighted by Gasteiger charge is -2.14. The van der Waals surface area contributed by atoms with E-state index in [2.05, 4.69) is 37.5 Å². The van der Waals surface area contributed by atoms with Gasteiger partial charge in [0.1, 0.15) is 5.82 Å². The minimum atomic E-state index is -0.312. The molecule has 29 heavy (non-hydrogen) atoms. The highest BCUT2D eigenvalue weighted by molar-refractivity contribution is 5.99. The van der Waals surface area contributed by atoms with Gasteiger partial charge in [-0.15, -0.1) is 0 Å². The maximum atomic E-state index is 12.6. The van der Waals surface area contributed by atoms with Crippen LogP contribution in [0.3, 0.4) is 0 Å². The average molecular weight is 392 g/mol. The van der Waals surface area contributed by atoms with E-state index in [9.17, 15) is 4.79 Å². The van der Waals surface area contributed by atoms with Crippen molar-refractivity contribution in [3.63, 3.8) is 0 Å². The number of carbonyl (C=O) groups is 1. The summed E-state index contributed by atoms with van der Waals surface area (Å²) >= 11 is 0. The maximum absolute atomic E-state index is 12.6. The molecule has 2 aromatic carbocycles. The van der Waals surface area contributed by atoms with Gasteiger partial charge in [0.2, 0.25) is 0 Å². The first-order valence-electron chi connectivity index (χ1n) is 9.81. The summed E-state index contributed by atoms with van der Waals surface area (Å²) in [5, 5.41) is 10.6. The Morgan fingerprint density at radius 1 is 1.07 bits per heavy atom. The van der Waals surface area contributed by atoms with Gasteiger partial charge in [0.15, 0.2) is 0 Å². The summed E-state index contributed by atoms with van der Waals surface area (Å²) in [7, 11) is 0. The molecule has 3 rings (SSSR count). The van der Waals surface area contributed by atoms with Gasteiger partial charge in [0.25, 0.3) is 0 Å². The number of carbonyl (C=O) groups excluding carboxylic acids is 1. The smallest absolute Gasteiger partial charge is 0.324 e. The first-order valence-corrected chi connectivity index (χ1v) is 9.81. The van der Waals surface area contributed by atoms with Gasteiger partial charge in [-0.05, 0) is 49.7 Å². The van der Waals surface area contributed by atoms with E-state index >= 15 is 0 Å². The van der Waals surface area contributed by atoms with Crippen LogP contribution in [0.15, 0.2) is 54.6 Å². The molecule has 0 fully saturated rings. The Hall–Kier alpha value is -3.12. The van der Waals surface area contributed by atoms with E-state index in [-0.39, 0.29) is 11.4 Å². The molecule has 6 nitrogen and oxygen atoms in total. The van der Waals surface area contributed by atoms with Crippen molar-refractivity contribution in [3.8, 4) is 5.69 Å². The quantitative estimate of drug-likeness (QED) is 0.593. The standard InChI is InChI=1S/C23H29N5O/c1-16-8-10-18(11-9-16)25-22(29)26-21-15-20(23(2,3)4)27-28(21)19-7-5-6-17(14-19)12-13-24/h5-11,14-15H,12-13,24H2,1-4H3,(H2,25,26,29). The molecule has 0 aliphatic rings. The minimum Gasteiger partial charge on any atom is -0.330 e. The van der Waals surface area contributed by atoms with Gasteiger partial charge in [0, 0.05) is 17.2 Å². The van der Waals surface area contributed by atoms with Gasteiger partial charge in [-0.25, -0.2) is 9.48 Å². The van der Waals surface area contributed by atoms with Gasteiger partial charge in [-0.3, -0.25) is 5.32 Å². The van der Waals surface area contributed by atoms with E-state index in [1.807, 2.05) is 55.5 Å². The van der Waals surface area contributed by atoms with Gasteiger partial charge in [-0.2, -0.15) is 5.10 Å². The van der Waals surface area contributed by atoms with Crippen LogP contribution in [0.1, 0.15) is 37.6 Å². The zero-order chi connectivity index (χ0) is 21.0. The van der Waals surface area contributed by atoms with Crippen LogP contribution in [0.25, 0.3) is 5.69 Å². The normalized spacial score (nSPS) is 11.3. The molecular formula is C23H29N5O. The van der Waals surface area contributed by atoms with Gasteiger partial charge in [-0.1, -0.05) is 50.6 Å². The van der Waals surface area contributed by atoms with Crippen LogP contribution in [0.5, 0.6) is 0 Å². The van der Waals surface area contributed by atoms with Crippen LogP contribution in [0.4, 0.5) is 16.3 Å². The van der Waals surface area contributed by atoms with Crippen molar-refractivity contribution in [3.05, 3.63) is 71.4 Å².